The zero-order valence-corrected chi connectivity index (χ0v) is 11.6. The molecule has 1 aliphatic heterocycles. The van der Waals surface area contributed by atoms with Crippen LogP contribution in [0.1, 0.15) is 35.6 Å². The van der Waals surface area contributed by atoms with E-state index in [1.54, 1.807) is 12.1 Å². The molecule has 3 rings (SSSR count). The van der Waals surface area contributed by atoms with Gasteiger partial charge in [-0.25, -0.2) is 5.43 Å². The molecule has 0 bridgehead atoms. The van der Waals surface area contributed by atoms with E-state index >= 15 is 0 Å². The summed E-state index contributed by atoms with van der Waals surface area (Å²) in [6.45, 7) is 2.05. The van der Waals surface area contributed by atoms with Gasteiger partial charge in [-0.1, -0.05) is 0 Å². The van der Waals surface area contributed by atoms with Crippen molar-refractivity contribution < 1.29 is 13.6 Å². The second-order valence-electron chi connectivity index (χ2n) is 4.90. The SMILES string of the molecule is O=C(NN=Cc1ccc(N2CCCCC2)o1)c1ccco1. The predicted octanol–water partition coefficient (Wildman–Crippen LogP) is 2.63. The number of nitrogens with one attached hydrogen (secondary N) is 1. The number of hydrogen-bond acceptors (Lipinski definition) is 5. The van der Waals surface area contributed by atoms with Gasteiger partial charge in [0.15, 0.2) is 11.6 Å². The summed E-state index contributed by atoms with van der Waals surface area (Å²) in [6, 6.07) is 7.00. The van der Waals surface area contributed by atoms with Crippen LogP contribution in [0.25, 0.3) is 0 Å². The van der Waals surface area contributed by atoms with Gasteiger partial charge in [0.05, 0.1) is 12.5 Å². The first kappa shape index (κ1) is 13.5. The minimum absolute atomic E-state index is 0.223. The highest BCUT2D eigenvalue weighted by Crippen LogP contribution is 2.21. The molecule has 3 heterocycles. The number of piperidine rings is 1. The van der Waals surface area contributed by atoms with Crippen LogP contribution >= 0.6 is 0 Å². The molecule has 1 aliphatic rings. The number of hydrogen-bond donors (Lipinski definition) is 1. The topological polar surface area (TPSA) is 71.0 Å². The number of rotatable bonds is 4. The molecule has 0 unspecified atom stereocenters. The standard InChI is InChI=1S/C15H17N3O3/c19-15(13-5-4-10-20-13)17-16-11-12-6-7-14(21-12)18-8-2-1-3-9-18/h4-7,10-11H,1-3,8-9H2,(H,17,19). The van der Waals surface area contributed by atoms with E-state index in [9.17, 15) is 4.79 Å². The van der Waals surface area contributed by atoms with Gasteiger partial charge in [-0.2, -0.15) is 5.10 Å². The third-order valence-corrected chi connectivity index (χ3v) is 3.38. The minimum Gasteiger partial charge on any atom is -0.459 e. The van der Waals surface area contributed by atoms with Gasteiger partial charge >= 0.3 is 5.91 Å². The first-order chi connectivity index (χ1) is 10.3. The lowest BCUT2D eigenvalue weighted by atomic mass is 10.1. The third-order valence-electron chi connectivity index (χ3n) is 3.38. The molecule has 1 N–H and O–H groups in total. The van der Waals surface area contributed by atoms with Crippen LogP contribution in [0, 0.1) is 0 Å². The van der Waals surface area contributed by atoms with Gasteiger partial charge in [0, 0.05) is 19.2 Å². The van der Waals surface area contributed by atoms with Crippen molar-refractivity contribution in [3.05, 3.63) is 42.0 Å². The molecule has 0 atom stereocenters. The van der Waals surface area contributed by atoms with E-state index in [-0.39, 0.29) is 11.7 Å². The molecule has 0 aromatic carbocycles. The number of furan rings is 2. The number of carbonyl (C=O) groups is 1. The summed E-state index contributed by atoms with van der Waals surface area (Å²) in [5.74, 6) is 1.29. The Kier molecular flexibility index (Phi) is 4.04. The Hall–Kier alpha value is -2.50. The summed E-state index contributed by atoms with van der Waals surface area (Å²) in [4.78, 5) is 13.8. The summed E-state index contributed by atoms with van der Waals surface area (Å²) in [5.41, 5.74) is 2.39. The van der Waals surface area contributed by atoms with Crippen LogP contribution in [-0.2, 0) is 0 Å². The van der Waals surface area contributed by atoms with E-state index < -0.39 is 0 Å². The van der Waals surface area contributed by atoms with Crippen molar-refractivity contribution >= 4 is 18.0 Å². The summed E-state index contributed by atoms with van der Waals surface area (Å²) >= 11 is 0. The van der Waals surface area contributed by atoms with Crippen molar-refractivity contribution in [2.24, 2.45) is 5.10 Å². The highest BCUT2D eigenvalue weighted by molar-refractivity contribution is 5.92. The van der Waals surface area contributed by atoms with Crippen molar-refractivity contribution in [2.45, 2.75) is 19.3 Å². The van der Waals surface area contributed by atoms with Gasteiger partial charge in [0.2, 0.25) is 0 Å². The number of anilines is 1. The van der Waals surface area contributed by atoms with Crippen LogP contribution < -0.4 is 10.3 Å². The van der Waals surface area contributed by atoms with Crippen molar-refractivity contribution in [1.82, 2.24) is 5.43 Å². The summed E-state index contributed by atoms with van der Waals surface area (Å²) in [5, 5.41) is 3.86. The van der Waals surface area contributed by atoms with Crippen molar-refractivity contribution in [3.63, 3.8) is 0 Å². The van der Waals surface area contributed by atoms with Crippen LogP contribution in [0.2, 0.25) is 0 Å². The van der Waals surface area contributed by atoms with Crippen molar-refractivity contribution in [2.75, 3.05) is 18.0 Å². The molecule has 1 fully saturated rings. The van der Waals surface area contributed by atoms with E-state index in [0.717, 1.165) is 19.0 Å². The van der Waals surface area contributed by atoms with E-state index in [0.29, 0.717) is 5.76 Å². The predicted molar refractivity (Wildman–Crippen MR) is 78.5 cm³/mol. The molecule has 0 aliphatic carbocycles. The third kappa shape index (κ3) is 3.34. The number of nitrogens with zero attached hydrogens (tertiary/aromatic N) is 2. The van der Waals surface area contributed by atoms with Crippen LogP contribution in [0.5, 0.6) is 0 Å². The highest BCUT2D eigenvalue weighted by Gasteiger charge is 2.13. The van der Waals surface area contributed by atoms with Crippen LogP contribution in [-0.4, -0.2) is 25.2 Å². The second kappa shape index (κ2) is 6.30. The molecular weight excluding hydrogens is 270 g/mol. The quantitative estimate of drug-likeness (QED) is 0.693. The monoisotopic (exact) mass is 287 g/mol. The van der Waals surface area contributed by atoms with E-state index in [4.69, 9.17) is 8.83 Å². The Morgan fingerprint density at radius 2 is 2.10 bits per heavy atom. The number of amides is 1. The van der Waals surface area contributed by atoms with Crippen LogP contribution in [0.3, 0.4) is 0 Å². The summed E-state index contributed by atoms with van der Waals surface area (Å²) in [7, 11) is 0. The maximum absolute atomic E-state index is 11.6. The molecule has 6 nitrogen and oxygen atoms in total. The highest BCUT2D eigenvalue weighted by atomic mass is 16.4. The lowest BCUT2D eigenvalue weighted by Crippen LogP contribution is -2.28. The van der Waals surface area contributed by atoms with Gasteiger partial charge in [0.25, 0.3) is 0 Å². The molecule has 1 amide bonds. The van der Waals surface area contributed by atoms with Gasteiger partial charge in [-0.15, -0.1) is 0 Å². The Morgan fingerprint density at radius 1 is 1.24 bits per heavy atom. The molecule has 2 aromatic heterocycles. The Bertz CT molecular complexity index is 610. The maximum atomic E-state index is 11.6. The van der Waals surface area contributed by atoms with Crippen molar-refractivity contribution in [3.8, 4) is 0 Å². The minimum atomic E-state index is -0.390. The van der Waals surface area contributed by atoms with Gasteiger partial charge in [-0.05, 0) is 37.5 Å². The van der Waals surface area contributed by atoms with Gasteiger partial charge in [-0.3, -0.25) is 4.79 Å². The average Bonchev–Trinajstić information content (AvgIpc) is 3.20. The lowest BCUT2D eigenvalue weighted by Gasteiger charge is -2.25. The fraction of sp³-hybridized carbons (Fsp3) is 0.333. The molecule has 2 aromatic rings. The van der Waals surface area contributed by atoms with E-state index in [2.05, 4.69) is 15.4 Å². The fourth-order valence-corrected chi connectivity index (χ4v) is 2.31. The van der Waals surface area contributed by atoms with Crippen molar-refractivity contribution in [1.29, 1.82) is 0 Å². The number of carbonyl (C=O) groups excluding carboxylic acids is 1. The van der Waals surface area contributed by atoms with Gasteiger partial charge in [0.1, 0.15) is 5.76 Å². The van der Waals surface area contributed by atoms with E-state index in [1.165, 1.54) is 31.7 Å². The van der Waals surface area contributed by atoms with E-state index in [1.807, 2.05) is 12.1 Å². The largest absolute Gasteiger partial charge is 0.459 e. The Balaban J connectivity index is 1.56. The first-order valence-corrected chi connectivity index (χ1v) is 7.04. The zero-order valence-electron chi connectivity index (χ0n) is 11.6. The summed E-state index contributed by atoms with van der Waals surface area (Å²) < 4.78 is 10.7. The smallest absolute Gasteiger partial charge is 0.307 e. The number of hydrazone groups is 1. The fourth-order valence-electron chi connectivity index (χ4n) is 2.31. The summed E-state index contributed by atoms with van der Waals surface area (Å²) in [6.07, 6.45) is 6.60. The zero-order chi connectivity index (χ0) is 14.5. The normalized spacial score (nSPS) is 15.5. The Morgan fingerprint density at radius 3 is 2.86 bits per heavy atom. The molecule has 0 spiro atoms. The maximum Gasteiger partial charge on any atom is 0.307 e. The molecular formula is C15H17N3O3. The second-order valence-corrected chi connectivity index (χ2v) is 4.90. The van der Waals surface area contributed by atoms with Crippen LogP contribution in [0.15, 0.2) is 44.5 Å². The lowest BCUT2D eigenvalue weighted by molar-refractivity contribution is 0.0927. The molecule has 0 radical (unpaired) electrons. The molecule has 0 saturated carbocycles. The molecule has 6 heteroatoms. The van der Waals surface area contributed by atoms with Gasteiger partial charge < -0.3 is 13.7 Å². The Labute approximate surface area is 122 Å². The van der Waals surface area contributed by atoms with Crippen LogP contribution in [0.4, 0.5) is 5.88 Å². The average molecular weight is 287 g/mol. The molecule has 21 heavy (non-hydrogen) atoms. The molecule has 1 saturated heterocycles. The molecule has 110 valence electrons. The first-order valence-electron chi connectivity index (χ1n) is 7.04.